The molecule has 1 heterocycles. The highest BCUT2D eigenvalue weighted by atomic mass is 16.4. The van der Waals surface area contributed by atoms with Gasteiger partial charge in [-0.1, -0.05) is 36.4 Å². The summed E-state index contributed by atoms with van der Waals surface area (Å²) in [5, 5.41) is 12.5. The minimum atomic E-state index is -1.33. The number of anilines is 1. The average Bonchev–Trinajstić information content (AvgIpc) is 3.17. The fraction of sp³-hybridized carbons (Fsp3) is 0.174. The molecule has 0 fully saturated rings. The molecule has 1 unspecified atom stereocenters. The van der Waals surface area contributed by atoms with Crippen LogP contribution in [-0.2, 0) is 24.2 Å². The number of nitrogens with two attached hydrogens (primary N) is 1. The Balaban J connectivity index is 1.60. The van der Waals surface area contributed by atoms with Crippen LogP contribution in [0, 0.1) is 0 Å². The molecule has 0 radical (unpaired) electrons. The summed E-state index contributed by atoms with van der Waals surface area (Å²) in [6.45, 7) is 0.180. The summed E-state index contributed by atoms with van der Waals surface area (Å²) in [7, 11) is 0. The van der Waals surface area contributed by atoms with E-state index in [4.69, 9.17) is 5.73 Å². The van der Waals surface area contributed by atoms with Gasteiger partial charge < -0.3 is 16.2 Å². The lowest BCUT2D eigenvalue weighted by molar-refractivity contribution is -0.123. The molecule has 9 nitrogen and oxygen atoms in total. The number of benzene rings is 2. The Hall–Kier alpha value is -4.27. The molecule has 3 amide bonds. The molecule has 3 aromatic rings. The van der Waals surface area contributed by atoms with E-state index < -0.39 is 23.4 Å². The molecule has 4 N–H and O–H groups in total. The minimum absolute atomic E-state index is 0.0738. The second-order valence-corrected chi connectivity index (χ2v) is 7.65. The summed E-state index contributed by atoms with van der Waals surface area (Å²) in [6, 6.07) is 14.4. The highest BCUT2D eigenvalue weighted by Gasteiger charge is 2.44. The summed E-state index contributed by atoms with van der Waals surface area (Å²) >= 11 is 0. The number of fused-ring (bicyclic) bond motifs is 1. The van der Waals surface area contributed by atoms with E-state index in [1.807, 2.05) is 30.3 Å². The van der Waals surface area contributed by atoms with Crippen LogP contribution in [0.2, 0.25) is 0 Å². The van der Waals surface area contributed by atoms with Gasteiger partial charge in [-0.2, -0.15) is 0 Å². The normalized spacial score (nSPS) is 16.8. The predicted molar refractivity (Wildman–Crippen MR) is 116 cm³/mol. The molecular formula is C23H21N5O4. The van der Waals surface area contributed by atoms with Gasteiger partial charge >= 0.3 is 6.09 Å². The van der Waals surface area contributed by atoms with Crippen molar-refractivity contribution in [3.8, 4) is 0 Å². The number of hydrogen-bond acceptors (Lipinski definition) is 5. The average molecular weight is 431 g/mol. The van der Waals surface area contributed by atoms with Crippen molar-refractivity contribution in [2.75, 3.05) is 4.90 Å². The van der Waals surface area contributed by atoms with E-state index in [2.05, 4.69) is 15.3 Å². The summed E-state index contributed by atoms with van der Waals surface area (Å²) < 4.78 is 0. The van der Waals surface area contributed by atoms with E-state index in [9.17, 15) is 19.5 Å². The largest absolute Gasteiger partial charge is 0.465 e. The van der Waals surface area contributed by atoms with Gasteiger partial charge in [-0.05, 0) is 28.8 Å². The van der Waals surface area contributed by atoms with Crippen LogP contribution in [0.4, 0.5) is 10.5 Å². The first kappa shape index (κ1) is 21.0. The van der Waals surface area contributed by atoms with Gasteiger partial charge in [-0.15, -0.1) is 0 Å². The van der Waals surface area contributed by atoms with Gasteiger partial charge in [0.25, 0.3) is 5.91 Å². The quantitative estimate of drug-likeness (QED) is 0.545. The fourth-order valence-corrected chi connectivity index (χ4v) is 3.89. The molecule has 1 aromatic heterocycles. The minimum Gasteiger partial charge on any atom is -0.465 e. The molecule has 0 spiro atoms. The van der Waals surface area contributed by atoms with Gasteiger partial charge in [0.15, 0.2) is 0 Å². The van der Waals surface area contributed by atoms with E-state index >= 15 is 0 Å². The summed E-state index contributed by atoms with van der Waals surface area (Å²) in [6.07, 6.45) is 3.39. The number of carboxylic acid groups (broad SMARTS) is 1. The van der Waals surface area contributed by atoms with E-state index in [-0.39, 0.29) is 25.1 Å². The zero-order valence-electron chi connectivity index (χ0n) is 17.1. The number of hydrogen-bond donors (Lipinski definition) is 3. The maximum absolute atomic E-state index is 12.6. The van der Waals surface area contributed by atoms with E-state index in [1.165, 1.54) is 23.5 Å². The van der Waals surface area contributed by atoms with Crippen molar-refractivity contribution in [3.63, 3.8) is 0 Å². The molecule has 1 aliphatic rings. The molecule has 1 atom stereocenters. The van der Waals surface area contributed by atoms with Crippen LogP contribution in [0.15, 0.2) is 67.1 Å². The van der Waals surface area contributed by atoms with Crippen molar-refractivity contribution < 1.29 is 19.5 Å². The molecule has 2 aromatic carbocycles. The monoisotopic (exact) mass is 431 g/mol. The summed E-state index contributed by atoms with van der Waals surface area (Å²) in [4.78, 5) is 46.0. The van der Waals surface area contributed by atoms with Gasteiger partial charge in [0.1, 0.15) is 11.2 Å². The highest BCUT2D eigenvalue weighted by molar-refractivity contribution is 5.98. The van der Waals surface area contributed by atoms with Crippen molar-refractivity contribution >= 4 is 23.6 Å². The lowest BCUT2D eigenvalue weighted by atomic mass is 9.94. The van der Waals surface area contributed by atoms with Crippen LogP contribution < -0.4 is 16.0 Å². The van der Waals surface area contributed by atoms with Crippen molar-refractivity contribution in [3.05, 3.63) is 89.5 Å². The van der Waals surface area contributed by atoms with Crippen molar-refractivity contribution in [1.29, 1.82) is 0 Å². The number of nitrogens with one attached hydrogen (secondary N) is 1. The summed E-state index contributed by atoms with van der Waals surface area (Å²) in [5.74, 6) is -1.23. The van der Waals surface area contributed by atoms with Crippen LogP contribution in [-0.4, -0.2) is 38.5 Å². The number of aromatic nitrogens is 2. The van der Waals surface area contributed by atoms with Gasteiger partial charge in [0.2, 0.25) is 5.91 Å². The van der Waals surface area contributed by atoms with Crippen molar-refractivity contribution in [2.45, 2.75) is 24.9 Å². The molecule has 32 heavy (non-hydrogen) atoms. The maximum atomic E-state index is 12.6. The molecule has 0 aliphatic heterocycles. The number of carbonyl (C=O) groups excluding carboxylic acids is 2. The van der Waals surface area contributed by atoms with Crippen molar-refractivity contribution in [2.24, 2.45) is 5.73 Å². The van der Waals surface area contributed by atoms with Crippen molar-refractivity contribution in [1.82, 2.24) is 15.3 Å². The van der Waals surface area contributed by atoms with Gasteiger partial charge in [-0.3, -0.25) is 19.5 Å². The fourth-order valence-electron chi connectivity index (χ4n) is 3.89. The zero-order chi connectivity index (χ0) is 22.7. The predicted octanol–water partition coefficient (Wildman–Crippen LogP) is 1.91. The molecular weight excluding hydrogens is 410 g/mol. The zero-order valence-corrected chi connectivity index (χ0v) is 17.1. The molecule has 0 saturated heterocycles. The molecule has 9 heteroatoms. The molecule has 162 valence electrons. The van der Waals surface area contributed by atoms with E-state index in [1.54, 1.807) is 18.2 Å². The third-order valence-corrected chi connectivity index (χ3v) is 5.52. The second kappa shape index (κ2) is 8.46. The third kappa shape index (κ3) is 4.13. The molecule has 0 saturated carbocycles. The second-order valence-electron chi connectivity index (χ2n) is 7.65. The Morgan fingerprint density at radius 2 is 1.81 bits per heavy atom. The van der Waals surface area contributed by atoms with Gasteiger partial charge in [0, 0.05) is 30.9 Å². The smallest absolute Gasteiger partial charge is 0.412 e. The maximum Gasteiger partial charge on any atom is 0.412 e. The first-order valence-electron chi connectivity index (χ1n) is 9.92. The van der Waals surface area contributed by atoms with E-state index in [0.717, 1.165) is 16.7 Å². The SMILES string of the molecule is NC(=O)C1(NC(=O)c2cnccn2)Cc2ccc(N(Cc3ccccc3)C(=O)O)cc2C1. The van der Waals surface area contributed by atoms with Crippen LogP contribution in [0.5, 0.6) is 0 Å². The van der Waals surface area contributed by atoms with Crippen LogP contribution >= 0.6 is 0 Å². The van der Waals surface area contributed by atoms with Crippen LogP contribution in [0.3, 0.4) is 0 Å². The first-order chi connectivity index (χ1) is 15.4. The topological polar surface area (TPSA) is 139 Å². The van der Waals surface area contributed by atoms with Crippen LogP contribution in [0.25, 0.3) is 0 Å². The van der Waals surface area contributed by atoms with E-state index in [0.29, 0.717) is 5.69 Å². The lowest BCUT2D eigenvalue weighted by Crippen LogP contribution is -2.58. The van der Waals surface area contributed by atoms with Gasteiger partial charge in [0.05, 0.1) is 12.7 Å². The Labute approximate surface area is 183 Å². The summed E-state index contributed by atoms with van der Waals surface area (Å²) in [5.41, 5.74) is 7.32. The number of amides is 3. The Morgan fingerprint density at radius 3 is 2.47 bits per heavy atom. The van der Waals surface area contributed by atoms with Gasteiger partial charge in [-0.25, -0.2) is 9.78 Å². The highest BCUT2D eigenvalue weighted by Crippen LogP contribution is 2.33. The number of rotatable bonds is 6. The first-order valence-corrected chi connectivity index (χ1v) is 9.92. The number of nitrogens with zero attached hydrogens (tertiary/aromatic N) is 3. The Kier molecular flexibility index (Phi) is 5.55. The number of primary amides is 1. The molecule has 4 rings (SSSR count). The molecule has 0 bridgehead atoms. The Bertz CT molecular complexity index is 1170. The Morgan fingerprint density at radius 1 is 1.06 bits per heavy atom. The number of carbonyl (C=O) groups is 3. The standard InChI is InChI=1S/C23H21N5O4/c24-21(30)23(27-20(29)19-13-25-8-9-26-19)11-16-6-7-18(10-17(16)12-23)28(22(31)32)14-15-4-2-1-3-5-15/h1-10,13H,11-12,14H2,(H2,24,30)(H,27,29)(H,31,32). The third-order valence-electron chi connectivity index (χ3n) is 5.52. The van der Waals surface area contributed by atoms with Crippen LogP contribution in [0.1, 0.15) is 27.2 Å². The molecule has 1 aliphatic carbocycles. The lowest BCUT2D eigenvalue weighted by Gasteiger charge is -2.26.